The number of ether oxygens (including phenoxy) is 1. The zero-order valence-electron chi connectivity index (χ0n) is 11.0. The van der Waals surface area contributed by atoms with Crippen LogP contribution in [0.4, 0.5) is 0 Å². The Morgan fingerprint density at radius 2 is 2.00 bits per heavy atom. The van der Waals surface area contributed by atoms with E-state index in [9.17, 15) is 14.4 Å². The van der Waals surface area contributed by atoms with Crippen LogP contribution in [0.2, 0.25) is 0 Å². The number of rotatable bonds is 5. The van der Waals surface area contributed by atoms with Crippen molar-refractivity contribution in [2.24, 2.45) is 0 Å². The number of benzene rings is 1. The molecule has 20 heavy (non-hydrogen) atoms. The van der Waals surface area contributed by atoms with Gasteiger partial charge in [-0.15, -0.1) is 0 Å². The molecule has 0 aromatic heterocycles. The zero-order chi connectivity index (χ0) is 14.7. The van der Waals surface area contributed by atoms with Gasteiger partial charge in [0.05, 0.1) is 18.6 Å². The minimum Gasteiger partial charge on any atom is -0.478 e. The molecule has 1 heterocycles. The van der Waals surface area contributed by atoms with Crippen LogP contribution >= 0.6 is 0 Å². The lowest BCUT2D eigenvalue weighted by Gasteiger charge is -2.38. The monoisotopic (exact) mass is 277 g/mol. The number of amides is 1. The Hall–Kier alpha value is -2.37. The third kappa shape index (κ3) is 2.79. The first kappa shape index (κ1) is 14.0. The van der Waals surface area contributed by atoms with Gasteiger partial charge in [0.2, 0.25) is 5.91 Å². The van der Waals surface area contributed by atoms with Gasteiger partial charge in [-0.05, 0) is 24.6 Å². The molecule has 0 aliphatic carbocycles. The van der Waals surface area contributed by atoms with E-state index in [-0.39, 0.29) is 31.0 Å². The first-order chi connectivity index (χ1) is 9.52. The largest absolute Gasteiger partial charge is 0.478 e. The molecule has 1 saturated heterocycles. The number of likely N-dealkylation sites (tertiary alicyclic amines) is 1. The normalized spacial score (nSPS) is 17.6. The number of carbonyl (C=O) groups excluding carboxylic acids is 2. The fourth-order valence-electron chi connectivity index (χ4n) is 2.05. The van der Waals surface area contributed by atoms with Gasteiger partial charge in [-0.3, -0.25) is 4.79 Å². The van der Waals surface area contributed by atoms with Gasteiger partial charge in [-0.1, -0.05) is 12.1 Å². The Balaban J connectivity index is 2.02. The lowest BCUT2D eigenvalue weighted by Crippen LogP contribution is -2.56. The lowest BCUT2D eigenvalue weighted by atomic mass is 10.0. The van der Waals surface area contributed by atoms with E-state index in [0.717, 1.165) is 5.56 Å². The molecule has 0 bridgehead atoms. The summed E-state index contributed by atoms with van der Waals surface area (Å²) in [4.78, 5) is 35.4. The maximum Gasteiger partial charge on any atom is 0.335 e. The molecule has 2 rings (SSSR count). The number of nitrogens with zero attached hydrogens (tertiary/aromatic N) is 1. The van der Waals surface area contributed by atoms with Gasteiger partial charge in [0, 0.05) is 6.54 Å². The van der Waals surface area contributed by atoms with Gasteiger partial charge in [0.25, 0.3) is 0 Å². The summed E-state index contributed by atoms with van der Waals surface area (Å²) in [5.74, 6) is -1.50. The minimum absolute atomic E-state index is 0.106. The molecule has 1 aliphatic rings. The maximum atomic E-state index is 11.6. The summed E-state index contributed by atoms with van der Waals surface area (Å²) >= 11 is 0. The molecule has 1 N–H and O–H groups in total. The van der Waals surface area contributed by atoms with E-state index in [0.29, 0.717) is 0 Å². The number of hydrogen-bond donors (Lipinski definition) is 1. The molecular formula is C14H15NO5. The molecule has 6 heteroatoms. The van der Waals surface area contributed by atoms with E-state index in [2.05, 4.69) is 0 Å². The minimum atomic E-state index is -0.999. The molecule has 1 fully saturated rings. The molecule has 6 nitrogen and oxygen atoms in total. The summed E-state index contributed by atoms with van der Waals surface area (Å²) < 4.78 is 4.90. The molecule has 0 spiro atoms. The Morgan fingerprint density at radius 3 is 2.50 bits per heavy atom. The quantitative estimate of drug-likeness (QED) is 0.642. The van der Waals surface area contributed by atoms with E-state index < -0.39 is 18.0 Å². The van der Waals surface area contributed by atoms with E-state index >= 15 is 0 Å². The predicted molar refractivity (Wildman–Crippen MR) is 69.0 cm³/mol. The van der Waals surface area contributed by atoms with Crippen LogP contribution in [0.1, 0.15) is 29.3 Å². The summed E-state index contributed by atoms with van der Waals surface area (Å²) in [6.07, 6.45) is 0.173. The van der Waals surface area contributed by atoms with Crippen molar-refractivity contribution >= 4 is 17.8 Å². The van der Waals surface area contributed by atoms with Crippen LogP contribution in [0.5, 0.6) is 0 Å². The fraction of sp³-hybridized carbons (Fsp3) is 0.357. The summed E-state index contributed by atoms with van der Waals surface area (Å²) in [5.41, 5.74) is 0.961. The van der Waals surface area contributed by atoms with Gasteiger partial charge in [0.1, 0.15) is 6.04 Å². The van der Waals surface area contributed by atoms with Crippen LogP contribution in [0, 0.1) is 0 Å². The molecule has 1 amide bonds. The summed E-state index contributed by atoms with van der Waals surface area (Å²) in [5, 5.41) is 8.81. The van der Waals surface area contributed by atoms with Crippen molar-refractivity contribution < 1.29 is 24.2 Å². The van der Waals surface area contributed by atoms with Crippen molar-refractivity contribution in [3.05, 3.63) is 35.4 Å². The van der Waals surface area contributed by atoms with Gasteiger partial charge in [0.15, 0.2) is 0 Å². The Bertz CT molecular complexity index is 537. The van der Waals surface area contributed by atoms with E-state index in [1.54, 1.807) is 19.1 Å². The van der Waals surface area contributed by atoms with E-state index in [1.165, 1.54) is 17.0 Å². The highest BCUT2D eigenvalue weighted by atomic mass is 16.5. The lowest BCUT2D eigenvalue weighted by molar-refractivity contribution is -0.166. The highest BCUT2D eigenvalue weighted by Gasteiger charge is 2.41. The highest BCUT2D eigenvalue weighted by Crippen LogP contribution is 2.23. The number of esters is 1. The second kappa shape index (κ2) is 5.73. The molecular weight excluding hydrogens is 262 g/mol. The molecule has 1 aromatic carbocycles. The van der Waals surface area contributed by atoms with E-state index in [1.807, 2.05) is 0 Å². The number of hydrogen-bond acceptors (Lipinski definition) is 4. The molecule has 1 aliphatic heterocycles. The van der Waals surface area contributed by atoms with Crippen LogP contribution < -0.4 is 0 Å². The summed E-state index contributed by atoms with van der Waals surface area (Å²) in [6, 6.07) is 5.69. The SMILES string of the molecule is CCOC(=O)C1CC(=O)N1Cc1ccc(C(=O)O)cc1. The predicted octanol–water partition coefficient (Wildman–Crippen LogP) is 1.05. The zero-order valence-corrected chi connectivity index (χ0v) is 11.0. The third-order valence-corrected chi connectivity index (χ3v) is 3.18. The van der Waals surface area contributed by atoms with Crippen LogP contribution in [0.15, 0.2) is 24.3 Å². The van der Waals surface area contributed by atoms with Crippen LogP contribution in [-0.2, 0) is 20.9 Å². The summed E-state index contributed by atoms with van der Waals surface area (Å²) in [6.45, 7) is 2.28. The Morgan fingerprint density at radius 1 is 1.35 bits per heavy atom. The number of carboxylic acids is 1. The van der Waals surface area contributed by atoms with Crippen molar-refractivity contribution in [1.82, 2.24) is 4.90 Å². The first-order valence-corrected chi connectivity index (χ1v) is 6.31. The fourth-order valence-corrected chi connectivity index (χ4v) is 2.05. The van der Waals surface area contributed by atoms with Gasteiger partial charge in [-0.25, -0.2) is 9.59 Å². The van der Waals surface area contributed by atoms with Crippen molar-refractivity contribution in [3.63, 3.8) is 0 Å². The molecule has 1 unspecified atom stereocenters. The average molecular weight is 277 g/mol. The smallest absolute Gasteiger partial charge is 0.335 e. The van der Waals surface area contributed by atoms with Gasteiger partial charge in [-0.2, -0.15) is 0 Å². The molecule has 0 radical (unpaired) electrons. The number of carbonyl (C=O) groups is 3. The average Bonchev–Trinajstić information content (AvgIpc) is 2.42. The van der Waals surface area contributed by atoms with Crippen LogP contribution in [0.25, 0.3) is 0 Å². The second-order valence-corrected chi connectivity index (χ2v) is 4.50. The first-order valence-electron chi connectivity index (χ1n) is 6.31. The van der Waals surface area contributed by atoms with Crippen molar-refractivity contribution in [1.29, 1.82) is 0 Å². The Labute approximate surface area is 115 Å². The van der Waals surface area contributed by atoms with Gasteiger partial charge >= 0.3 is 11.9 Å². The topological polar surface area (TPSA) is 83.9 Å². The third-order valence-electron chi connectivity index (χ3n) is 3.18. The highest BCUT2D eigenvalue weighted by molar-refractivity contribution is 5.95. The number of aromatic carboxylic acids is 1. The standard InChI is InChI=1S/C14H15NO5/c1-2-20-14(19)11-7-12(16)15(11)8-9-3-5-10(6-4-9)13(17)18/h3-6,11H,2,7-8H2,1H3,(H,17,18). The van der Waals surface area contributed by atoms with E-state index in [4.69, 9.17) is 9.84 Å². The number of carboxylic acid groups (broad SMARTS) is 1. The number of β-lactam (4-membered cyclic amide) rings is 1. The molecule has 1 aromatic rings. The van der Waals surface area contributed by atoms with Crippen LogP contribution in [-0.4, -0.2) is 40.5 Å². The summed E-state index contributed by atoms with van der Waals surface area (Å²) in [7, 11) is 0. The van der Waals surface area contributed by atoms with Crippen molar-refractivity contribution in [2.75, 3.05) is 6.61 Å². The molecule has 106 valence electrons. The second-order valence-electron chi connectivity index (χ2n) is 4.50. The van der Waals surface area contributed by atoms with Crippen molar-refractivity contribution in [2.45, 2.75) is 25.9 Å². The Kier molecular flexibility index (Phi) is 4.02. The maximum absolute atomic E-state index is 11.6. The van der Waals surface area contributed by atoms with Crippen LogP contribution in [0.3, 0.4) is 0 Å². The molecule has 0 saturated carbocycles. The van der Waals surface area contributed by atoms with Crippen molar-refractivity contribution in [3.8, 4) is 0 Å². The molecule has 1 atom stereocenters. The van der Waals surface area contributed by atoms with Gasteiger partial charge < -0.3 is 14.7 Å².